The Morgan fingerprint density at radius 2 is 1.67 bits per heavy atom. The van der Waals surface area contributed by atoms with Gasteiger partial charge in [-0.15, -0.1) is 0 Å². The molecule has 0 bridgehead atoms. The molecule has 0 aliphatic carbocycles. The second-order valence-electron chi connectivity index (χ2n) is 4.19. The van der Waals surface area contributed by atoms with Gasteiger partial charge < -0.3 is 4.90 Å². The zero-order valence-electron chi connectivity index (χ0n) is 9.52. The number of nitrogens with zero attached hydrogens (tertiary/aromatic N) is 2. The van der Waals surface area contributed by atoms with Crippen LogP contribution >= 0.6 is 0 Å². The van der Waals surface area contributed by atoms with Crippen LogP contribution in [0, 0.1) is 11.3 Å². The lowest BCUT2D eigenvalue weighted by Crippen LogP contribution is -2.51. The van der Waals surface area contributed by atoms with Gasteiger partial charge in [0.15, 0.2) is 0 Å². The minimum absolute atomic E-state index is 0.204. The molecule has 6 heteroatoms. The van der Waals surface area contributed by atoms with Crippen molar-refractivity contribution in [2.24, 2.45) is 5.92 Å². The van der Waals surface area contributed by atoms with E-state index in [9.17, 15) is 8.42 Å². The van der Waals surface area contributed by atoms with Gasteiger partial charge in [-0.25, -0.2) is 8.42 Å². The first-order valence-electron chi connectivity index (χ1n) is 5.11. The van der Waals surface area contributed by atoms with Gasteiger partial charge in [-0.1, -0.05) is 13.8 Å². The molecular formula is C9H19N3O2S. The number of sulfonamides is 1. The molecule has 1 rings (SSSR count). The summed E-state index contributed by atoms with van der Waals surface area (Å²) in [6.07, 6.45) is 1.23. The lowest BCUT2D eigenvalue weighted by atomic mass is 10.1. The normalized spacial score (nSPS) is 19.6. The Balaban J connectivity index is 2.53. The smallest absolute Gasteiger partial charge is 0.211 e. The van der Waals surface area contributed by atoms with Crippen molar-refractivity contribution in [1.29, 1.82) is 5.41 Å². The maximum Gasteiger partial charge on any atom is 0.211 e. The molecular weight excluding hydrogens is 214 g/mol. The zero-order valence-corrected chi connectivity index (χ0v) is 10.3. The highest BCUT2D eigenvalue weighted by molar-refractivity contribution is 7.88. The first-order valence-corrected chi connectivity index (χ1v) is 6.95. The molecule has 0 radical (unpaired) electrons. The highest BCUT2D eigenvalue weighted by Crippen LogP contribution is 2.09. The third kappa shape index (κ3) is 3.17. The summed E-state index contributed by atoms with van der Waals surface area (Å²) in [6, 6.07) is 0. The number of nitrogens with one attached hydrogen (secondary N) is 1. The van der Waals surface area contributed by atoms with E-state index in [0.29, 0.717) is 32.0 Å². The second kappa shape index (κ2) is 4.49. The number of rotatable bonds is 2. The molecule has 0 spiro atoms. The molecule has 1 saturated heterocycles. The van der Waals surface area contributed by atoms with E-state index in [4.69, 9.17) is 5.41 Å². The van der Waals surface area contributed by atoms with Crippen LogP contribution in [0.15, 0.2) is 0 Å². The minimum Gasteiger partial charge on any atom is -0.358 e. The summed E-state index contributed by atoms with van der Waals surface area (Å²) < 4.78 is 24.0. The van der Waals surface area contributed by atoms with Crippen molar-refractivity contribution >= 4 is 15.9 Å². The Kier molecular flexibility index (Phi) is 3.72. The fraction of sp³-hybridized carbons (Fsp3) is 0.889. The maximum absolute atomic E-state index is 11.3. The molecule has 1 heterocycles. The summed E-state index contributed by atoms with van der Waals surface area (Å²) in [5.74, 6) is 0.804. The van der Waals surface area contributed by atoms with Gasteiger partial charge in [-0.3, -0.25) is 5.41 Å². The van der Waals surface area contributed by atoms with E-state index < -0.39 is 10.0 Å². The van der Waals surface area contributed by atoms with Crippen molar-refractivity contribution in [3.05, 3.63) is 0 Å². The molecule has 1 aliphatic rings. The minimum atomic E-state index is -3.06. The topological polar surface area (TPSA) is 64.5 Å². The molecule has 0 atom stereocenters. The second-order valence-corrected chi connectivity index (χ2v) is 6.17. The van der Waals surface area contributed by atoms with Crippen molar-refractivity contribution in [1.82, 2.24) is 9.21 Å². The number of hydrogen-bond acceptors (Lipinski definition) is 3. The van der Waals surface area contributed by atoms with Crippen molar-refractivity contribution in [3.63, 3.8) is 0 Å². The summed E-state index contributed by atoms with van der Waals surface area (Å²) in [7, 11) is -3.06. The third-order valence-electron chi connectivity index (χ3n) is 2.60. The number of hydrogen-bond donors (Lipinski definition) is 1. The third-order valence-corrected chi connectivity index (χ3v) is 3.90. The van der Waals surface area contributed by atoms with Crippen molar-refractivity contribution in [3.8, 4) is 0 Å². The molecule has 5 nitrogen and oxygen atoms in total. The highest BCUT2D eigenvalue weighted by atomic mass is 32.2. The van der Waals surface area contributed by atoms with E-state index in [2.05, 4.69) is 0 Å². The SMILES string of the molecule is CC(C)C(=N)N1CCN(S(C)(=O)=O)CC1. The van der Waals surface area contributed by atoms with E-state index in [1.807, 2.05) is 18.7 Å². The largest absolute Gasteiger partial charge is 0.358 e. The lowest BCUT2D eigenvalue weighted by molar-refractivity contribution is 0.259. The molecule has 0 aromatic carbocycles. The summed E-state index contributed by atoms with van der Waals surface area (Å²) in [5, 5.41) is 7.82. The van der Waals surface area contributed by atoms with Crippen molar-refractivity contribution in [2.75, 3.05) is 32.4 Å². The Labute approximate surface area is 91.6 Å². The molecule has 88 valence electrons. The average Bonchev–Trinajstić information content (AvgIpc) is 2.15. The molecule has 0 saturated carbocycles. The van der Waals surface area contributed by atoms with Gasteiger partial charge in [-0.05, 0) is 0 Å². The summed E-state index contributed by atoms with van der Waals surface area (Å²) in [6.45, 7) is 6.20. The molecule has 1 aliphatic heterocycles. The molecule has 0 aromatic heterocycles. The Bertz CT molecular complexity index is 329. The fourth-order valence-corrected chi connectivity index (χ4v) is 2.45. The molecule has 0 aromatic rings. The molecule has 0 unspecified atom stereocenters. The van der Waals surface area contributed by atoms with Gasteiger partial charge in [0.2, 0.25) is 10.0 Å². The number of amidine groups is 1. The van der Waals surface area contributed by atoms with Gasteiger partial charge >= 0.3 is 0 Å². The summed E-state index contributed by atoms with van der Waals surface area (Å²) >= 11 is 0. The van der Waals surface area contributed by atoms with Gasteiger partial charge in [0.1, 0.15) is 0 Å². The van der Waals surface area contributed by atoms with Crippen LogP contribution in [0.25, 0.3) is 0 Å². The van der Waals surface area contributed by atoms with Crippen molar-refractivity contribution < 1.29 is 8.42 Å². The Morgan fingerprint density at radius 1 is 1.20 bits per heavy atom. The van der Waals surface area contributed by atoms with E-state index >= 15 is 0 Å². The van der Waals surface area contributed by atoms with Crippen LogP contribution in [-0.4, -0.2) is 55.9 Å². The van der Waals surface area contributed by atoms with Gasteiger partial charge in [-0.2, -0.15) is 4.31 Å². The average molecular weight is 233 g/mol. The number of piperazine rings is 1. The summed E-state index contributed by atoms with van der Waals surface area (Å²) in [4.78, 5) is 1.95. The van der Waals surface area contributed by atoms with Crippen LogP contribution in [0.3, 0.4) is 0 Å². The Hall–Kier alpha value is -0.620. The van der Waals surface area contributed by atoms with Crippen LogP contribution in [0.4, 0.5) is 0 Å². The molecule has 0 amide bonds. The Morgan fingerprint density at radius 3 is 2.00 bits per heavy atom. The summed E-state index contributed by atoms with van der Waals surface area (Å²) in [5.41, 5.74) is 0. The predicted octanol–water partition coefficient (Wildman–Crippen LogP) is 0.197. The monoisotopic (exact) mass is 233 g/mol. The molecule has 15 heavy (non-hydrogen) atoms. The zero-order chi connectivity index (χ0) is 11.6. The first-order chi connectivity index (χ1) is 6.82. The molecule has 1 fully saturated rings. The maximum atomic E-state index is 11.3. The van der Waals surface area contributed by atoms with Crippen molar-refractivity contribution in [2.45, 2.75) is 13.8 Å². The van der Waals surface area contributed by atoms with Gasteiger partial charge in [0.25, 0.3) is 0 Å². The first kappa shape index (κ1) is 12.4. The van der Waals surface area contributed by atoms with E-state index in [1.165, 1.54) is 10.6 Å². The van der Waals surface area contributed by atoms with Gasteiger partial charge in [0, 0.05) is 32.1 Å². The fourth-order valence-electron chi connectivity index (χ4n) is 1.63. The molecule has 1 N–H and O–H groups in total. The highest BCUT2D eigenvalue weighted by Gasteiger charge is 2.25. The van der Waals surface area contributed by atoms with Crippen LogP contribution < -0.4 is 0 Å². The quantitative estimate of drug-likeness (QED) is 0.547. The van der Waals surface area contributed by atoms with E-state index in [-0.39, 0.29) is 5.92 Å². The lowest BCUT2D eigenvalue weighted by Gasteiger charge is -2.35. The van der Waals surface area contributed by atoms with Crippen LogP contribution in [0.5, 0.6) is 0 Å². The standard InChI is InChI=1S/C9H19N3O2S/c1-8(2)9(10)11-4-6-12(7-5-11)15(3,13)14/h8,10H,4-7H2,1-3H3. The van der Waals surface area contributed by atoms with E-state index in [0.717, 1.165) is 0 Å². The van der Waals surface area contributed by atoms with Gasteiger partial charge in [0.05, 0.1) is 12.1 Å². The predicted molar refractivity (Wildman–Crippen MR) is 60.6 cm³/mol. The van der Waals surface area contributed by atoms with E-state index in [1.54, 1.807) is 0 Å². The van der Waals surface area contributed by atoms with Crippen LogP contribution in [0.2, 0.25) is 0 Å². The van der Waals surface area contributed by atoms with Crippen LogP contribution in [-0.2, 0) is 10.0 Å². The van der Waals surface area contributed by atoms with Crippen LogP contribution in [0.1, 0.15) is 13.8 Å².